The van der Waals surface area contributed by atoms with Crippen LogP contribution in [0.5, 0.6) is 11.5 Å². The molecule has 32 heavy (non-hydrogen) atoms. The number of amides is 1. The van der Waals surface area contributed by atoms with Crippen molar-refractivity contribution in [3.63, 3.8) is 0 Å². The zero-order valence-corrected chi connectivity index (χ0v) is 18.0. The maximum absolute atomic E-state index is 12.5. The number of carbonyl (C=O) groups is 1. The number of carbonyl (C=O) groups excluding carboxylic acids is 1. The van der Waals surface area contributed by atoms with Crippen molar-refractivity contribution < 1.29 is 27.4 Å². The van der Waals surface area contributed by atoms with Gasteiger partial charge in [0.2, 0.25) is 5.91 Å². The van der Waals surface area contributed by atoms with Gasteiger partial charge in [0.05, 0.1) is 12.8 Å². The number of alkyl halides is 3. The van der Waals surface area contributed by atoms with E-state index in [0.717, 1.165) is 43.6 Å². The molecule has 2 fully saturated rings. The normalized spacial score (nSPS) is 15.7. The fourth-order valence-electron chi connectivity index (χ4n) is 3.14. The maximum Gasteiger partial charge on any atom is 0.433 e. The summed E-state index contributed by atoms with van der Waals surface area (Å²) in [6.07, 6.45) is 1.54. The van der Waals surface area contributed by atoms with E-state index in [4.69, 9.17) is 9.47 Å². The molecule has 0 unspecified atom stereocenters. The molecule has 1 aromatic heterocycles. The number of pyridine rings is 1. The van der Waals surface area contributed by atoms with E-state index in [2.05, 4.69) is 15.2 Å². The quantitative estimate of drug-likeness (QED) is 0.664. The summed E-state index contributed by atoms with van der Waals surface area (Å²) >= 11 is 0. The summed E-state index contributed by atoms with van der Waals surface area (Å²) in [5.74, 6) is 1.57. The summed E-state index contributed by atoms with van der Waals surface area (Å²) in [7, 11) is 1.61. The molecule has 1 saturated heterocycles. The first-order valence-corrected chi connectivity index (χ1v) is 10.7. The Kier molecular flexibility index (Phi) is 8.33. The Morgan fingerprint density at radius 3 is 2.50 bits per heavy atom. The van der Waals surface area contributed by atoms with Gasteiger partial charge < -0.3 is 19.7 Å². The average Bonchev–Trinajstić information content (AvgIpc) is 3.43. The van der Waals surface area contributed by atoms with Crippen molar-refractivity contribution in [1.82, 2.24) is 10.3 Å². The predicted octanol–water partition coefficient (Wildman–Crippen LogP) is 4.65. The molecule has 4 rings (SSSR count). The average molecular weight is 451 g/mol. The lowest BCUT2D eigenvalue weighted by molar-refractivity contribution is -0.141. The van der Waals surface area contributed by atoms with Crippen molar-refractivity contribution in [2.45, 2.75) is 31.9 Å². The Morgan fingerprint density at radius 2 is 1.91 bits per heavy atom. The predicted molar refractivity (Wildman–Crippen MR) is 115 cm³/mol. The number of likely N-dealkylation sites (N-methyl/N-ethyl adjacent to an activating group) is 1. The molecule has 9 heteroatoms. The van der Waals surface area contributed by atoms with Gasteiger partial charge in [0.15, 0.2) is 0 Å². The molecule has 2 aliphatic rings. The number of aromatic nitrogens is 1. The van der Waals surface area contributed by atoms with E-state index in [9.17, 15) is 18.0 Å². The fraction of sp³-hybridized carbons (Fsp3) is 0.478. The highest BCUT2D eigenvalue weighted by atomic mass is 19.4. The minimum atomic E-state index is -4.44. The van der Waals surface area contributed by atoms with Crippen LogP contribution in [0.4, 0.5) is 18.9 Å². The van der Waals surface area contributed by atoms with Gasteiger partial charge in [-0.3, -0.25) is 4.79 Å². The summed E-state index contributed by atoms with van der Waals surface area (Å²) < 4.78 is 48.1. The van der Waals surface area contributed by atoms with Gasteiger partial charge in [-0.05, 0) is 55.9 Å². The third kappa shape index (κ3) is 7.71. The lowest BCUT2D eigenvalue weighted by atomic mass is 10.2. The second kappa shape index (κ2) is 11.2. The molecule has 1 aliphatic carbocycles. The summed E-state index contributed by atoms with van der Waals surface area (Å²) in [6, 6.07) is 9.74. The van der Waals surface area contributed by atoms with Crippen molar-refractivity contribution in [1.29, 1.82) is 0 Å². The Bertz CT molecular complexity index is 865. The lowest BCUT2D eigenvalue weighted by Gasteiger charge is -2.18. The monoisotopic (exact) mass is 451 g/mol. The molecule has 1 N–H and O–H groups in total. The number of ether oxygens (including phenoxy) is 2. The van der Waals surface area contributed by atoms with Gasteiger partial charge in [-0.25, -0.2) is 4.98 Å². The van der Waals surface area contributed by atoms with Crippen molar-refractivity contribution in [3.8, 4) is 11.5 Å². The van der Waals surface area contributed by atoms with Crippen LogP contribution in [0.1, 0.15) is 31.4 Å². The molecular weight excluding hydrogens is 423 g/mol. The van der Waals surface area contributed by atoms with Gasteiger partial charge in [0.1, 0.15) is 23.8 Å². The highest BCUT2D eigenvalue weighted by Gasteiger charge is 2.32. The van der Waals surface area contributed by atoms with E-state index in [0.29, 0.717) is 5.75 Å². The van der Waals surface area contributed by atoms with Crippen molar-refractivity contribution in [2.75, 3.05) is 38.3 Å². The van der Waals surface area contributed by atoms with E-state index < -0.39 is 11.9 Å². The Morgan fingerprint density at radius 1 is 1.16 bits per heavy atom. The molecule has 1 amide bonds. The van der Waals surface area contributed by atoms with Crippen LogP contribution in [-0.2, 0) is 15.7 Å². The van der Waals surface area contributed by atoms with E-state index in [1.807, 2.05) is 18.2 Å². The van der Waals surface area contributed by atoms with Crippen LogP contribution in [-0.4, -0.2) is 44.2 Å². The van der Waals surface area contributed by atoms with Gasteiger partial charge in [-0.1, -0.05) is 6.07 Å². The highest BCUT2D eigenvalue weighted by Crippen LogP contribution is 2.31. The molecule has 2 aromatic rings. The minimum Gasteiger partial charge on any atom is -0.456 e. The van der Waals surface area contributed by atoms with Crippen LogP contribution in [0.3, 0.4) is 0 Å². The molecule has 1 aromatic carbocycles. The number of hydrogen-bond acceptors (Lipinski definition) is 5. The molecule has 6 nitrogen and oxygen atoms in total. The number of anilines is 1. The number of nitrogens with zero attached hydrogens (tertiary/aromatic N) is 2. The number of rotatable bonds is 7. The van der Waals surface area contributed by atoms with Gasteiger partial charge >= 0.3 is 6.18 Å². The second-order valence-corrected chi connectivity index (χ2v) is 7.80. The van der Waals surface area contributed by atoms with Crippen molar-refractivity contribution in [2.24, 2.45) is 5.92 Å². The highest BCUT2D eigenvalue weighted by molar-refractivity contribution is 5.76. The molecule has 0 bridgehead atoms. The largest absolute Gasteiger partial charge is 0.456 e. The van der Waals surface area contributed by atoms with E-state index in [-0.39, 0.29) is 18.3 Å². The third-order valence-corrected chi connectivity index (χ3v) is 5.11. The first kappa shape index (κ1) is 23.8. The maximum atomic E-state index is 12.5. The third-order valence-electron chi connectivity index (χ3n) is 5.11. The van der Waals surface area contributed by atoms with Crippen LogP contribution < -0.4 is 15.0 Å². The smallest absolute Gasteiger partial charge is 0.433 e. The van der Waals surface area contributed by atoms with Crippen molar-refractivity contribution in [3.05, 3.63) is 48.3 Å². The number of nitrogens with one attached hydrogen (secondary N) is 1. The molecule has 0 atom stereocenters. The summed E-state index contributed by atoms with van der Waals surface area (Å²) in [5.41, 5.74) is 0.139. The van der Waals surface area contributed by atoms with Gasteiger partial charge in [-0.15, -0.1) is 0 Å². The summed E-state index contributed by atoms with van der Waals surface area (Å²) in [5, 5.41) is 2.50. The molecule has 1 saturated carbocycles. The zero-order valence-electron chi connectivity index (χ0n) is 18.0. The topological polar surface area (TPSA) is 63.7 Å². The molecule has 0 spiro atoms. The molecule has 174 valence electrons. The minimum absolute atomic E-state index is 0.0411. The zero-order chi connectivity index (χ0) is 23.0. The second-order valence-electron chi connectivity index (χ2n) is 7.80. The van der Waals surface area contributed by atoms with Gasteiger partial charge in [0.25, 0.3) is 0 Å². The van der Waals surface area contributed by atoms with Gasteiger partial charge in [-0.2, -0.15) is 13.2 Å². The van der Waals surface area contributed by atoms with Crippen LogP contribution in [0.15, 0.2) is 42.6 Å². The molecule has 0 radical (unpaired) electrons. The number of halogens is 3. The van der Waals surface area contributed by atoms with Crippen LogP contribution in [0, 0.1) is 5.92 Å². The SMILES string of the molecule is CNC(=O)COCC1CC1.FC(F)(F)c1ccc(Oc2cccc(N3CCCC3)c2)cn1. The number of hydrogen-bond donors (Lipinski definition) is 1. The summed E-state index contributed by atoms with van der Waals surface area (Å²) in [4.78, 5) is 16.2. The number of benzene rings is 1. The Hall–Kier alpha value is -2.81. The van der Waals surface area contributed by atoms with Crippen LogP contribution >= 0.6 is 0 Å². The van der Waals surface area contributed by atoms with E-state index in [1.165, 1.54) is 31.7 Å². The summed E-state index contributed by atoms with van der Waals surface area (Å²) in [6.45, 7) is 3.01. The molecule has 1 aliphatic heterocycles. The van der Waals surface area contributed by atoms with Crippen LogP contribution in [0.25, 0.3) is 0 Å². The van der Waals surface area contributed by atoms with E-state index in [1.54, 1.807) is 13.1 Å². The van der Waals surface area contributed by atoms with E-state index >= 15 is 0 Å². The standard InChI is InChI=1S/C16H15F3N2O.C7H13NO2/c17-16(18,19)15-7-6-14(11-20-15)22-13-5-3-4-12(10-13)21-8-1-2-9-21;1-8-7(9)5-10-4-6-2-3-6/h3-7,10-11H,1-2,8-9H2;6H,2-5H2,1H3,(H,8,9). The first-order chi connectivity index (χ1) is 15.3. The van der Waals surface area contributed by atoms with Gasteiger partial charge in [0, 0.05) is 31.9 Å². The molecular formula is C23H28F3N3O3. The molecule has 2 heterocycles. The first-order valence-electron chi connectivity index (χ1n) is 10.7. The fourth-order valence-corrected chi connectivity index (χ4v) is 3.14. The lowest BCUT2D eigenvalue weighted by Crippen LogP contribution is -2.23. The van der Waals surface area contributed by atoms with Crippen LogP contribution in [0.2, 0.25) is 0 Å². The van der Waals surface area contributed by atoms with Crippen molar-refractivity contribution >= 4 is 11.6 Å². The Balaban J connectivity index is 0.000000243. The Labute approximate surface area is 185 Å².